The van der Waals surface area contributed by atoms with E-state index in [1.165, 1.54) is 32.1 Å². The standard InChI is InChI=1S/C43H76NO7P/c1-6-8-10-12-14-16-17-18-19-20-21-22-23-24-25-26-27-28-29-31-33-35-38-48-40-42(41-50-52(46,47)49-39-37-44(3,4)5)51-43(45)36-34-32-30-15-13-11-9-7-2/h8,10,14,16,18-19,21-22,24-25,27-28,42H,6-7,9,11-13,15,17,20,23,26,29-41H2,1-5H3/p+1/b10-8-,16-14-,19-18-,22-21-,25-24-,28-27-. The van der Waals surface area contributed by atoms with Crippen LogP contribution in [0.25, 0.3) is 0 Å². The summed E-state index contributed by atoms with van der Waals surface area (Å²) in [5.41, 5.74) is 0. The molecule has 2 unspecified atom stereocenters. The van der Waals surface area contributed by atoms with Gasteiger partial charge in [-0.15, -0.1) is 0 Å². The van der Waals surface area contributed by atoms with E-state index in [0.717, 1.165) is 83.5 Å². The number of ether oxygens (including phenoxy) is 2. The van der Waals surface area contributed by atoms with Crippen molar-refractivity contribution in [1.82, 2.24) is 0 Å². The molecular weight excluding hydrogens is 673 g/mol. The number of carbonyl (C=O) groups excluding carboxylic acids is 1. The van der Waals surface area contributed by atoms with Crippen molar-refractivity contribution in [3.63, 3.8) is 0 Å². The molecule has 52 heavy (non-hydrogen) atoms. The van der Waals surface area contributed by atoms with Crippen LogP contribution >= 0.6 is 7.82 Å². The summed E-state index contributed by atoms with van der Waals surface area (Å²) in [7, 11) is 1.63. The highest BCUT2D eigenvalue weighted by atomic mass is 31.2. The van der Waals surface area contributed by atoms with Gasteiger partial charge in [0.1, 0.15) is 19.3 Å². The Morgan fingerprint density at radius 2 is 1.12 bits per heavy atom. The largest absolute Gasteiger partial charge is 0.472 e. The van der Waals surface area contributed by atoms with Gasteiger partial charge in [-0.1, -0.05) is 138 Å². The molecule has 0 amide bonds. The van der Waals surface area contributed by atoms with E-state index in [4.69, 9.17) is 18.5 Å². The molecule has 2 atom stereocenters. The summed E-state index contributed by atoms with van der Waals surface area (Å²) in [6, 6.07) is 0. The lowest BCUT2D eigenvalue weighted by atomic mass is 10.1. The Morgan fingerprint density at radius 1 is 0.615 bits per heavy atom. The van der Waals surface area contributed by atoms with Gasteiger partial charge in [-0.3, -0.25) is 13.8 Å². The first kappa shape index (κ1) is 49.9. The Hall–Kier alpha value is -2.06. The number of allylic oxidation sites excluding steroid dienone is 12. The molecule has 0 saturated heterocycles. The molecule has 0 aromatic heterocycles. The fourth-order valence-electron chi connectivity index (χ4n) is 4.91. The minimum Gasteiger partial charge on any atom is -0.457 e. The average molecular weight is 751 g/mol. The highest BCUT2D eigenvalue weighted by Gasteiger charge is 2.26. The number of phosphoric ester groups is 1. The molecule has 0 bridgehead atoms. The number of rotatable bonds is 36. The first-order valence-corrected chi connectivity index (χ1v) is 21.7. The predicted molar refractivity (Wildman–Crippen MR) is 219 cm³/mol. The molecule has 9 heteroatoms. The number of nitrogens with zero attached hydrogens (tertiary/aromatic N) is 1. The molecule has 0 saturated carbocycles. The van der Waals surface area contributed by atoms with E-state index in [9.17, 15) is 14.3 Å². The molecule has 0 radical (unpaired) electrons. The van der Waals surface area contributed by atoms with E-state index in [0.29, 0.717) is 24.1 Å². The van der Waals surface area contributed by atoms with Crippen molar-refractivity contribution in [2.75, 3.05) is 54.1 Å². The third-order valence-corrected chi connectivity index (χ3v) is 9.02. The second-order valence-corrected chi connectivity index (χ2v) is 15.7. The van der Waals surface area contributed by atoms with Crippen LogP contribution in [-0.2, 0) is 27.9 Å². The highest BCUT2D eigenvalue weighted by molar-refractivity contribution is 7.47. The maximum atomic E-state index is 12.6. The summed E-state index contributed by atoms with van der Waals surface area (Å²) < 4.78 is 34.8. The number of esters is 1. The molecule has 300 valence electrons. The first-order chi connectivity index (χ1) is 25.1. The summed E-state index contributed by atoms with van der Waals surface area (Å²) in [5, 5.41) is 0. The second kappa shape index (κ2) is 35.9. The molecule has 0 aliphatic rings. The molecule has 0 fully saturated rings. The summed E-state index contributed by atoms with van der Waals surface area (Å²) in [6.45, 7) is 5.36. The SMILES string of the molecule is CC/C=C\C/C=C\C/C=C\C/C=C\C/C=C\C/C=C\CCCCCOCC(COP(=O)(O)OCC[N+](C)(C)C)OC(=O)CCCCCCCCCC. The van der Waals surface area contributed by atoms with Crippen LogP contribution in [0.2, 0.25) is 0 Å². The Labute approximate surface area is 319 Å². The maximum Gasteiger partial charge on any atom is 0.472 e. The van der Waals surface area contributed by atoms with Crippen molar-refractivity contribution in [2.24, 2.45) is 0 Å². The predicted octanol–water partition coefficient (Wildman–Crippen LogP) is 11.5. The van der Waals surface area contributed by atoms with Gasteiger partial charge in [0.15, 0.2) is 0 Å². The molecule has 0 aromatic rings. The zero-order valence-electron chi connectivity index (χ0n) is 33.8. The van der Waals surface area contributed by atoms with Gasteiger partial charge in [-0.25, -0.2) is 4.57 Å². The van der Waals surface area contributed by atoms with Crippen LogP contribution in [0.5, 0.6) is 0 Å². The summed E-state index contributed by atoms with van der Waals surface area (Å²) in [5.74, 6) is -0.335. The Kier molecular flexibility index (Phi) is 34.5. The Balaban J connectivity index is 4.26. The third kappa shape index (κ3) is 39.2. The van der Waals surface area contributed by atoms with Crippen LogP contribution in [0.15, 0.2) is 72.9 Å². The van der Waals surface area contributed by atoms with Gasteiger partial charge >= 0.3 is 13.8 Å². The van der Waals surface area contributed by atoms with E-state index >= 15 is 0 Å². The fourth-order valence-corrected chi connectivity index (χ4v) is 5.65. The number of quaternary nitrogens is 1. The van der Waals surface area contributed by atoms with Gasteiger partial charge in [0.25, 0.3) is 0 Å². The Bertz CT molecular complexity index is 1060. The average Bonchev–Trinajstić information content (AvgIpc) is 3.09. The van der Waals surface area contributed by atoms with Crippen LogP contribution in [0.1, 0.15) is 136 Å². The van der Waals surface area contributed by atoms with Crippen molar-refractivity contribution in [3.8, 4) is 0 Å². The zero-order valence-corrected chi connectivity index (χ0v) is 34.7. The summed E-state index contributed by atoms with van der Waals surface area (Å²) >= 11 is 0. The normalized spacial score (nSPS) is 14.7. The van der Waals surface area contributed by atoms with Gasteiger partial charge in [-0.05, 0) is 64.2 Å². The lowest BCUT2D eigenvalue weighted by Gasteiger charge is -2.24. The van der Waals surface area contributed by atoms with Gasteiger partial charge in [-0.2, -0.15) is 0 Å². The molecular formula is C43H77NO7P+. The Morgan fingerprint density at radius 3 is 1.65 bits per heavy atom. The van der Waals surface area contributed by atoms with E-state index in [2.05, 4.69) is 86.8 Å². The number of hydrogen-bond acceptors (Lipinski definition) is 6. The fraction of sp³-hybridized carbons (Fsp3) is 0.698. The van der Waals surface area contributed by atoms with E-state index in [-0.39, 0.29) is 25.8 Å². The highest BCUT2D eigenvalue weighted by Crippen LogP contribution is 2.43. The minimum absolute atomic E-state index is 0.0786. The zero-order chi connectivity index (χ0) is 38.4. The van der Waals surface area contributed by atoms with Crippen LogP contribution in [0.4, 0.5) is 0 Å². The van der Waals surface area contributed by atoms with Crippen LogP contribution in [0, 0.1) is 0 Å². The third-order valence-electron chi connectivity index (χ3n) is 8.03. The number of unbranched alkanes of at least 4 members (excludes halogenated alkanes) is 10. The lowest BCUT2D eigenvalue weighted by molar-refractivity contribution is -0.870. The van der Waals surface area contributed by atoms with Gasteiger partial charge in [0, 0.05) is 13.0 Å². The lowest BCUT2D eigenvalue weighted by Crippen LogP contribution is -2.37. The number of hydrogen-bond donors (Lipinski definition) is 1. The minimum atomic E-state index is -4.28. The number of likely N-dealkylation sites (N-methyl/N-ethyl adjacent to an activating group) is 1. The summed E-state index contributed by atoms with van der Waals surface area (Å²) in [4.78, 5) is 22.7. The number of phosphoric acid groups is 1. The molecule has 0 heterocycles. The monoisotopic (exact) mass is 751 g/mol. The molecule has 0 aromatic carbocycles. The smallest absolute Gasteiger partial charge is 0.457 e. The van der Waals surface area contributed by atoms with E-state index in [1.54, 1.807) is 0 Å². The molecule has 0 aliphatic carbocycles. The number of carbonyl (C=O) groups is 1. The van der Waals surface area contributed by atoms with Gasteiger partial charge in [0.2, 0.25) is 0 Å². The van der Waals surface area contributed by atoms with Crippen molar-refractivity contribution < 1.29 is 37.3 Å². The molecule has 0 spiro atoms. The maximum absolute atomic E-state index is 12.6. The topological polar surface area (TPSA) is 91.3 Å². The van der Waals surface area contributed by atoms with Gasteiger partial charge < -0.3 is 18.9 Å². The molecule has 0 rings (SSSR count). The second-order valence-electron chi connectivity index (χ2n) is 14.3. The van der Waals surface area contributed by atoms with Crippen molar-refractivity contribution in [3.05, 3.63) is 72.9 Å². The quantitative estimate of drug-likeness (QED) is 0.0224. The van der Waals surface area contributed by atoms with Crippen LogP contribution in [-0.4, -0.2) is 75.6 Å². The summed E-state index contributed by atoms with van der Waals surface area (Å²) in [6.07, 6.45) is 45.2. The van der Waals surface area contributed by atoms with Crippen LogP contribution < -0.4 is 0 Å². The van der Waals surface area contributed by atoms with Crippen molar-refractivity contribution in [2.45, 2.75) is 142 Å². The van der Waals surface area contributed by atoms with E-state index < -0.39 is 13.9 Å². The molecule has 1 N–H and O–H groups in total. The van der Waals surface area contributed by atoms with Crippen molar-refractivity contribution in [1.29, 1.82) is 0 Å². The van der Waals surface area contributed by atoms with Gasteiger partial charge in [0.05, 0.1) is 34.4 Å². The van der Waals surface area contributed by atoms with Crippen LogP contribution in [0.3, 0.4) is 0 Å². The van der Waals surface area contributed by atoms with Crippen molar-refractivity contribution >= 4 is 13.8 Å². The molecule has 8 nitrogen and oxygen atoms in total. The first-order valence-electron chi connectivity index (χ1n) is 20.2. The van der Waals surface area contributed by atoms with E-state index in [1.807, 2.05) is 21.1 Å². The molecule has 0 aliphatic heterocycles.